The van der Waals surface area contributed by atoms with E-state index < -0.39 is 13.0 Å². The minimum absolute atomic E-state index is 0.0948. The molecule has 1 fully saturated rings. The largest absolute Gasteiger partial charge is 0.394 e. The minimum atomic E-state index is -2.50. The summed E-state index contributed by atoms with van der Waals surface area (Å²) in [5.41, 5.74) is 0.257. The van der Waals surface area contributed by atoms with Gasteiger partial charge in [-0.3, -0.25) is 4.79 Å². The van der Waals surface area contributed by atoms with Crippen molar-refractivity contribution in [1.82, 2.24) is 9.47 Å². The van der Waals surface area contributed by atoms with Gasteiger partial charge in [0.25, 0.3) is 12.3 Å². The molecule has 1 aliphatic rings. The maximum atomic E-state index is 12.4. The van der Waals surface area contributed by atoms with Gasteiger partial charge in [0.1, 0.15) is 5.69 Å². The summed E-state index contributed by atoms with van der Waals surface area (Å²) in [6, 6.07) is 2.91. The number of nitrogens with zero attached hydrogens (tertiary/aromatic N) is 2. The van der Waals surface area contributed by atoms with Crippen LogP contribution in [0.3, 0.4) is 0 Å². The predicted molar refractivity (Wildman–Crippen MR) is 66.1 cm³/mol. The molecule has 19 heavy (non-hydrogen) atoms. The van der Waals surface area contributed by atoms with Crippen LogP contribution in [0.4, 0.5) is 8.78 Å². The van der Waals surface area contributed by atoms with Crippen molar-refractivity contribution in [2.45, 2.75) is 32.4 Å². The first-order chi connectivity index (χ1) is 9.04. The average Bonchev–Trinajstić information content (AvgIpc) is 2.94. The number of hydrogen-bond donors (Lipinski definition) is 1. The molecule has 0 spiro atoms. The van der Waals surface area contributed by atoms with E-state index in [1.165, 1.54) is 10.8 Å². The molecular weight excluding hydrogens is 254 g/mol. The Morgan fingerprint density at radius 2 is 2.32 bits per heavy atom. The van der Waals surface area contributed by atoms with Crippen LogP contribution in [-0.4, -0.2) is 46.1 Å². The number of carbonyl (C=O) groups excluding carboxylic acids is 1. The molecule has 0 aliphatic carbocycles. The van der Waals surface area contributed by atoms with Gasteiger partial charge >= 0.3 is 0 Å². The summed E-state index contributed by atoms with van der Waals surface area (Å²) in [5.74, 6) is -0.0542. The molecule has 2 heterocycles. The van der Waals surface area contributed by atoms with Crippen molar-refractivity contribution in [2.24, 2.45) is 5.92 Å². The van der Waals surface area contributed by atoms with Crippen LogP contribution in [-0.2, 0) is 6.54 Å². The normalized spacial score (nSPS) is 23.3. The number of amides is 1. The Balaban J connectivity index is 2.18. The lowest BCUT2D eigenvalue weighted by atomic mass is 10.0. The molecule has 1 aliphatic heterocycles. The van der Waals surface area contributed by atoms with Crippen LogP contribution in [0.2, 0.25) is 0 Å². The van der Waals surface area contributed by atoms with Crippen LogP contribution < -0.4 is 0 Å². The lowest BCUT2D eigenvalue weighted by molar-refractivity contribution is 0.0629. The summed E-state index contributed by atoms with van der Waals surface area (Å²) >= 11 is 0. The fourth-order valence-electron chi connectivity index (χ4n) is 2.60. The van der Waals surface area contributed by atoms with E-state index in [2.05, 4.69) is 0 Å². The minimum Gasteiger partial charge on any atom is -0.394 e. The van der Waals surface area contributed by atoms with Gasteiger partial charge in [-0.25, -0.2) is 8.78 Å². The summed E-state index contributed by atoms with van der Waals surface area (Å²) < 4.78 is 26.1. The van der Waals surface area contributed by atoms with Crippen molar-refractivity contribution in [1.29, 1.82) is 0 Å². The molecule has 4 nitrogen and oxygen atoms in total. The van der Waals surface area contributed by atoms with Crippen LogP contribution in [0.5, 0.6) is 0 Å². The molecule has 1 aromatic rings. The van der Waals surface area contributed by atoms with Crippen LogP contribution in [0.25, 0.3) is 0 Å². The standard InChI is InChI=1S/C13H18F2N2O2/c1-9-4-6-17(11(9)8-18)13(19)10-3-2-5-16(10)7-12(14)15/h2-3,5,9,11-12,18H,4,6-8H2,1H3. The van der Waals surface area contributed by atoms with Crippen molar-refractivity contribution in [3.05, 3.63) is 24.0 Å². The summed E-state index contributed by atoms with van der Waals surface area (Å²) in [7, 11) is 0. The third-order valence-electron chi connectivity index (χ3n) is 3.71. The topological polar surface area (TPSA) is 45.5 Å². The first-order valence-corrected chi connectivity index (χ1v) is 6.39. The fourth-order valence-corrected chi connectivity index (χ4v) is 2.60. The van der Waals surface area contributed by atoms with E-state index in [-0.39, 0.29) is 30.2 Å². The number of likely N-dealkylation sites (tertiary alicyclic amines) is 1. The van der Waals surface area contributed by atoms with E-state index in [0.717, 1.165) is 6.42 Å². The molecule has 0 bridgehead atoms. The second-order valence-corrected chi connectivity index (χ2v) is 4.95. The number of aliphatic hydroxyl groups excluding tert-OH is 1. The quantitative estimate of drug-likeness (QED) is 0.905. The molecule has 1 aromatic heterocycles. The summed E-state index contributed by atoms with van der Waals surface area (Å²) in [6.45, 7) is 1.96. The van der Waals surface area contributed by atoms with Crippen LogP contribution in [0.15, 0.2) is 18.3 Å². The third-order valence-corrected chi connectivity index (χ3v) is 3.71. The van der Waals surface area contributed by atoms with Gasteiger partial charge in [0.15, 0.2) is 0 Å². The van der Waals surface area contributed by atoms with Gasteiger partial charge in [0.05, 0.1) is 19.2 Å². The highest BCUT2D eigenvalue weighted by molar-refractivity contribution is 5.93. The molecule has 1 saturated heterocycles. The van der Waals surface area contributed by atoms with Gasteiger partial charge in [-0.2, -0.15) is 0 Å². The lowest BCUT2D eigenvalue weighted by Gasteiger charge is -2.25. The number of rotatable bonds is 4. The van der Waals surface area contributed by atoms with Crippen molar-refractivity contribution in [3.8, 4) is 0 Å². The van der Waals surface area contributed by atoms with Crippen LogP contribution in [0.1, 0.15) is 23.8 Å². The Morgan fingerprint density at radius 1 is 1.58 bits per heavy atom. The summed E-state index contributed by atoms with van der Waals surface area (Å²) in [4.78, 5) is 14.0. The zero-order valence-corrected chi connectivity index (χ0v) is 10.8. The Morgan fingerprint density at radius 3 is 2.95 bits per heavy atom. The Bertz CT molecular complexity index is 448. The fraction of sp³-hybridized carbons (Fsp3) is 0.615. The molecule has 2 unspecified atom stereocenters. The smallest absolute Gasteiger partial charge is 0.270 e. The van der Waals surface area contributed by atoms with Crippen molar-refractivity contribution in [3.63, 3.8) is 0 Å². The Labute approximate surface area is 110 Å². The zero-order valence-electron chi connectivity index (χ0n) is 10.8. The van der Waals surface area contributed by atoms with E-state index in [1.807, 2.05) is 6.92 Å². The molecule has 2 atom stereocenters. The monoisotopic (exact) mass is 272 g/mol. The van der Waals surface area contributed by atoms with Gasteiger partial charge in [-0.1, -0.05) is 6.92 Å². The second kappa shape index (κ2) is 5.69. The Hall–Kier alpha value is -1.43. The third kappa shape index (κ3) is 2.78. The number of hydrogen-bond acceptors (Lipinski definition) is 2. The molecule has 0 saturated carbocycles. The number of alkyl halides is 2. The van der Waals surface area contributed by atoms with Gasteiger partial charge in [0, 0.05) is 12.7 Å². The van der Waals surface area contributed by atoms with E-state index in [4.69, 9.17) is 0 Å². The molecule has 1 amide bonds. The Kier molecular flexibility index (Phi) is 4.19. The zero-order chi connectivity index (χ0) is 14.0. The van der Waals surface area contributed by atoms with Crippen LogP contribution >= 0.6 is 0 Å². The highest BCUT2D eigenvalue weighted by Gasteiger charge is 2.35. The maximum absolute atomic E-state index is 12.4. The first-order valence-electron chi connectivity index (χ1n) is 6.39. The molecule has 0 radical (unpaired) electrons. The van der Waals surface area contributed by atoms with Crippen molar-refractivity contribution >= 4 is 5.91 Å². The van der Waals surface area contributed by atoms with E-state index in [9.17, 15) is 18.7 Å². The van der Waals surface area contributed by atoms with Gasteiger partial charge < -0.3 is 14.6 Å². The number of carbonyl (C=O) groups is 1. The second-order valence-electron chi connectivity index (χ2n) is 4.95. The highest BCUT2D eigenvalue weighted by Crippen LogP contribution is 2.25. The molecule has 0 aromatic carbocycles. The SMILES string of the molecule is CC1CCN(C(=O)c2cccn2CC(F)F)C1CO. The van der Waals surface area contributed by atoms with E-state index in [1.54, 1.807) is 17.0 Å². The highest BCUT2D eigenvalue weighted by atomic mass is 19.3. The molecule has 2 rings (SSSR count). The lowest BCUT2D eigenvalue weighted by Crippen LogP contribution is -2.40. The molecule has 6 heteroatoms. The maximum Gasteiger partial charge on any atom is 0.270 e. The van der Waals surface area contributed by atoms with Gasteiger partial charge in [0.2, 0.25) is 0 Å². The van der Waals surface area contributed by atoms with E-state index >= 15 is 0 Å². The van der Waals surface area contributed by atoms with Crippen molar-refractivity contribution < 1.29 is 18.7 Å². The molecule has 1 N–H and O–H groups in total. The van der Waals surface area contributed by atoms with Gasteiger partial charge in [-0.05, 0) is 24.5 Å². The first kappa shape index (κ1) is 14.0. The van der Waals surface area contributed by atoms with Crippen molar-refractivity contribution in [2.75, 3.05) is 13.2 Å². The number of aliphatic hydroxyl groups is 1. The predicted octanol–water partition coefficient (Wildman–Crippen LogP) is 1.60. The summed E-state index contributed by atoms with van der Waals surface area (Å²) in [6.07, 6.45) is -0.190. The molecule has 106 valence electrons. The van der Waals surface area contributed by atoms with Gasteiger partial charge in [-0.15, -0.1) is 0 Å². The average molecular weight is 272 g/mol. The number of aromatic nitrogens is 1. The van der Waals surface area contributed by atoms with Crippen LogP contribution in [0, 0.1) is 5.92 Å². The summed E-state index contributed by atoms with van der Waals surface area (Å²) in [5, 5.41) is 9.35. The number of halogens is 2. The van der Waals surface area contributed by atoms with E-state index in [0.29, 0.717) is 6.54 Å². The molecular formula is C13H18F2N2O2.